The number of imidazole rings is 1. The number of nitrogens with zero attached hydrogens (tertiary/aromatic N) is 3. The van der Waals surface area contributed by atoms with Gasteiger partial charge in [0, 0.05) is 42.3 Å². The summed E-state index contributed by atoms with van der Waals surface area (Å²) in [4.78, 5) is 10.3. The second-order valence-corrected chi connectivity index (χ2v) is 20.5. The van der Waals surface area contributed by atoms with Crippen molar-refractivity contribution in [3.63, 3.8) is 0 Å². The first kappa shape index (κ1) is 30.8. The molecule has 0 aliphatic carbocycles. The number of aromatic hydroxyl groups is 1. The van der Waals surface area contributed by atoms with Crippen molar-refractivity contribution >= 4 is 11.0 Å². The van der Waals surface area contributed by atoms with E-state index in [4.69, 9.17) is 27.8 Å². The molecule has 0 aliphatic heterocycles. The van der Waals surface area contributed by atoms with Gasteiger partial charge in [0.25, 0.3) is 0 Å². The van der Waals surface area contributed by atoms with Gasteiger partial charge in [-0.05, 0) is 126 Å². The van der Waals surface area contributed by atoms with E-state index in [9.17, 15) is 6.48 Å². The van der Waals surface area contributed by atoms with Gasteiger partial charge in [0.05, 0.1) is 27.8 Å². The topological polar surface area (TPSA) is 50.9 Å². The highest BCUT2D eigenvalue weighted by Crippen LogP contribution is 2.45. The van der Waals surface area contributed by atoms with Crippen LogP contribution in [0.4, 0.5) is 0 Å². The SMILES string of the molecule is [2H]c1c([2H])c(C(C([2H])([2H])[2H])(C([2H])([2H])[2H])C([2H])([2H])[2H])c([2H])c([2H])c1-c1ccnc(-c2cc(-c3cccc4c3nc(-c3cc(C(C)(C)C)cc(C(C)(C)C)c3O)n4-c3cc(-c4ccccc4)cc(C([2H])(C)C)c3)cc(C(C)(C)C)c2)c1. The molecule has 0 amide bonds. The van der Waals surface area contributed by atoms with Crippen molar-refractivity contribution in [2.75, 3.05) is 0 Å². The lowest BCUT2D eigenvalue weighted by Gasteiger charge is -2.27. The van der Waals surface area contributed by atoms with Gasteiger partial charge in [0.2, 0.25) is 0 Å². The van der Waals surface area contributed by atoms with E-state index >= 15 is 0 Å². The molecule has 4 heteroatoms. The maximum Gasteiger partial charge on any atom is 0.149 e. The third-order valence-corrected chi connectivity index (χ3v) is 12.0. The van der Waals surface area contributed by atoms with Crippen molar-refractivity contribution in [1.82, 2.24) is 14.5 Å². The molecule has 332 valence electrons. The number of phenolic OH excluding ortho intramolecular Hbond substituents is 1. The number of phenols is 1. The molecule has 0 aliphatic rings. The minimum atomic E-state index is -3.82. The summed E-state index contributed by atoms with van der Waals surface area (Å²) in [7, 11) is 0. The summed E-state index contributed by atoms with van der Waals surface area (Å²) in [5.41, 5.74) is 3.92. The minimum Gasteiger partial charge on any atom is -0.507 e. The predicted octanol–water partition coefficient (Wildman–Crippen LogP) is 16.8. The first-order valence-corrected chi connectivity index (χ1v) is 22.0. The van der Waals surface area contributed by atoms with Crippen molar-refractivity contribution in [3.8, 4) is 67.5 Å². The van der Waals surface area contributed by atoms with E-state index in [-0.39, 0.29) is 22.3 Å². The fraction of sp³-hybridized carbons (Fsp3) is 0.311. The Bertz CT molecular complexity index is 3610. The average molecular weight is 872 g/mol. The van der Waals surface area contributed by atoms with Crippen LogP contribution >= 0.6 is 0 Å². The summed E-state index contributed by atoms with van der Waals surface area (Å²) in [6, 6.07) is 31.3. The molecule has 0 bridgehead atoms. The standard InChI is InChI=1S/C61H67N3O/c1-38(2)42-29-43(39-19-16-15-17-20-39)34-49(33-42)64-54-22-18-21-50(55(54)63-57(64)51-36-48(60(9,10)11)37-52(56(51)65)61(12,13)14)44-30-45(32-47(31-44)59(6,7)8)53-35-41(27-28-62-53)40-23-25-46(26-24-40)58(3,4)5/h15-38,65H,1-14H3/i3D3,4D3,5D3,23D,24D,25D,26D,38D. The van der Waals surface area contributed by atoms with Gasteiger partial charge in [-0.15, -0.1) is 0 Å². The summed E-state index contributed by atoms with van der Waals surface area (Å²) in [5.74, 6) is -0.420. The molecule has 0 unspecified atom stereocenters. The van der Waals surface area contributed by atoms with E-state index in [1.165, 1.54) is 12.3 Å². The summed E-state index contributed by atoms with van der Waals surface area (Å²) in [6.45, 7) is 11.1. The van der Waals surface area contributed by atoms with Crippen LogP contribution in [0.1, 0.15) is 150 Å². The van der Waals surface area contributed by atoms with Crippen LogP contribution in [0.2, 0.25) is 0 Å². The fourth-order valence-corrected chi connectivity index (χ4v) is 8.16. The predicted molar refractivity (Wildman–Crippen MR) is 277 cm³/mol. The van der Waals surface area contributed by atoms with Crippen LogP contribution in [-0.2, 0) is 21.7 Å². The van der Waals surface area contributed by atoms with Gasteiger partial charge in [0.1, 0.15) is 11.6 Å². The maximum atomic E-state index is 12.6. The molecule has 4 nitrogen and oxygen atoms in total. The summed E-state index contributed by atoms with van der Waals surface area (Å²) in [5, 5.41) is 12.6. The van der Waals surface area contributed by atoms with Crippen molar-refractivity contribution in [2.24, 2.45) is 0 Å². The smallest absolute Gasteiger partial charge is 0.149 e. The molecule has 65 heavy (non-hydrogen) atoms. The molecule has 0 spiro atoms. The first-order valence-electron chi connectivity index (χ1n) is 29.0. The van der Waals surface area contributed by atoms with E-state index in [2.05, 4.69) is 85.1 Å². The Morgan fingerprint density at radius 2 is 1.25 bits per heavy atom. The largest absolute Gasteiger partial charge is 0.507 e. The van der Waals surface area contributed by atoms with Gasteiger partial charge < -0.3 is 5.11 Å². The normalized spacial score (nSPS) is 16.5. The van der Waals surface area contributed by atoms with E-state index in [0.717, 1.165) is 55.7 Å². The van der Waals surface area contributed by atoms with Crippen LogP contribution in [-0.4, -0.2) is 19.6 Å². The van der Waals surface area contributed by atoms with Crippen LogP contribution in [0.25, 0.3) is 72.7 Å². The van der Waals surface area contributed by atoms with E-state index in [1.807, 2.05) is 92.7 Å². The highest BCUT2D eigenvalue weighted by atomic mass is 16.3. The number of benzene rings is 6. The van der Waals surface area contributed by atoms with Crippen LogP contribution < -0.4 is 0 Å². The molecular formula is C61H67N3O. The average Bonchev–Trinajstić information content (AvgIpc) is 3.84. The monoisotopic (exact) mass is 872 g/mol. The first-order chi connectivity index (χ1) is 36.2. The van der Waals surface area contributed by atoms with Crippen LogP contribution in [0.15, 0.2) is 140 Å². The van der Waals surface area contributed by atoms with Gasteiger partial charge in [-0.3, -0.25) is 9.55 Å². The number of rotatable bonds is 7. The molecule has 0 saturated carbocycles. The maximum absolute atomic E-state index is 12.6. The van der Waals surface area contributed by atoms with E-state index in [0.29, 0.717) is 28.2 Å². The molecule has 8 rings (SSSR count). The van der Waals surface area contributed by atoms with Crippen molar-refractivity contribution in [1.29, 1.82) is 0 Å². The Morgan fingerprint density at radius 1 is 0.569 bits per heavy atom. The molecule has 6 aromatic carbocycles. The number of hydrogen-bond acceptors (Lipinski definition) is 3. The number of para-hydroxylation sites is 1. The number of pyridine rings is 1. The third-order valence-electron chi connectivity index (χ3n) is 12.0. The summed E-state index contributed by atoms with van der Waals surface area (Å²) >= 11 is 0. The van der Waals surface area contributed by atoms with Gasteiger partial charge in [-0.25, -0.2) is 4.98 Å². The minimum absolute atomic E-state index is 0.101. The van der Waals surface area contributed by atoms with Gasteiger partial charge in [-0.2, -0.15) is 0 Å². The zero-order valence-corrected chi connectivity index (χ0v) is 39.3. The molecule has 0 atom stereocenters. The number of fused-ring (bicyclic) bond motifs is 1. The molecule has 0 radical (unpaired) electrons. The van der Waals surface area contributed by atoms with E-state index < -0.39 is 72.4 Å². The van der Waals surface area contributed by atoms with Gasteiger partial charge >= 0.3 is 0 Å². The molecule has 0 saturated heterocycles. The highest BCUT2D eigenvalue weighted by molar-refractivity contribution is 5.97. The zero-order chi connectivity index (χ0) is 58.7. The fourth-order valence-electron chi connectivity index (χ4n) is 8.16. The lowest BCUT2D eigenvalue weighted by Crippen LogP contribution is -2.17. The van der Waals surface area contributed by atoms with Gasteiger partial charge in [0.15, 0.2) is 0 Å². The molecular weight excluding hydrogens is 791 g/mol. The van der Waals surface area contributed by atoms with Crippen molar-refractivity contribution in [2.45, 2.75) is 124 Å². The lowest BCUT2D eigenvalue weighted by atomic mass is 9.79. The lowest BCUT2D eigenvalue weighted by molar-refractivity contribution is 0.446. The molecule has 2 aromatic heterocycles. The molecule has 8 aromatic rings. The van der Waals surface area contributed by atoms with Crippen LogP contribution in [0, 0.1) is 0 Å². The zero-order valence-electron chi connectivity index (χ0n) is 53.3. The van der Waals surface area contributed by atoms with Gasteiger partial charge in [-0.1, -0.05) is 182 Å². The van der Waals surface area contributed by atoms with Crippen molar-refractivity contribution < 1.29 is 24.3 Å². The highest BCUT2D eigenvalue weighted by Gasteiger charge is 2.29. The van der Waals surface area contributed by atoms with Crippen LogP contribution in [0.3, 0.4) is 0 Å². The van der Waals surface area contributed by atoms with Crippen LogP contribution in [0.5, 0.6) is 5.75 Å². The second-order valence-electron chi connectivity index (χ2n) is 20.5. The Hall–Kier alpha value is -6.26. The summed E-state index contributed by atoms with van der Waals surface area (Å²) in [6.07, 6.45) is 1.43. The molecule has 2 heterocycles. The summed E-state index contributed by atoms with van der Waals surface area (Å²) < 4.78 is 122. The van der Waals surface area contributed by atoms with E-state index in [1.54, 1.807) is 6.07 Å². The Morgan fingerprint density at radius 3 is 1.89 bits per heavy atom. The quantitative estimate of drug-likeness (QED) is 0.174. The number of aromatic nitrogens is 3. The Kier molecular flexibility index (Phi) is 7.88. The van der Waals surface area contributed by atoms with Crippen molar-refractivity contribution in [3.05, 3.63) is 167 Å². The Labute approximate surface area is 408 Å². The third kappa shape index (κ3) is 9.19. The molecule has 0 fully saturated rings. The second kappa shape index (κ2) is 16.6. The number of hydrogen-bond donors (Lipinski definition) is 1. The Balaban J connectivity index is 1.42. The molecule has 1 N–H and O–H groups in total.